The molecule has 0 aromatic heterocycles. The number of nitrogens with zero attached hydrogens (tertiary/aromatic N) is 3. The summed E-state index contributed by atoms with van der Waals surface area (Å²) in [4.78, 5) is 17.6. The Bertz CT molecular complexity index is 1090. The Balaban J connectivity index is 1.47. The van der Waals surface area contributed by atoms with E-state index in [1.165, 1.54) is 40.9 Å². The molecule has 178 valence electrons. The molecule has 2 fully saturated rings. The minimum absolute atomic E-state index is 0.0936. The summed E-state index contributed by atoms with van der Waals surface area (Å²) in [5.41, 5.74) is 2.41. The van der Waals surface area contributed by atoms with E-state index in [9.17, 15) is 13.2 Å². The first-order valence-electron chi connectivity index (χ1n) is 11.4. The summed E-state index contributed by atoms with van der Waals surface area (Å²) in [6.45, 7) is 5.64. The van der Waals surface area contributed by atoms with Crippen LogP contribution >= 0.6 is 11.6 Å². The highest BCUT2D eigenvalue weighted by atomic mass is 35.5. The number of carbonyl (C=O) groups is 1. The Morgan fingerprint density at radius 1 is 0.970 bits per heavy atom. The maximum Gasteiger partial charge on any atom is 0.253 e. The van der Waals surface area contributed by atoms with Gasteiger partial charge in [-0.3, -0.25) is 9.69 Å². The second-order valence-electron chi connectivity index (χ2n) is 8.78. The van der Waals surface area contributed by atoms with Crippen molar-refractivity contribution < 1.29 is 13.2 Å². The van der Waals surface area contributed by atoms with Gasteiger partial charge in [-0.15, -0.1) is 0 Å². The van der Waals surface area contributed by atoms with Gasteiger partial charge in [0.05, 0.1) is 15.5 Å². The molecule has 0 saturated carbocycles. The van der Waals surface area contributed by atoms with Gasteiger partial charge in [0.25, 0.3) is 5.91 Å². The smallest absolute Gasteiger partial charge is 0.253 e. The third-order valence-corrected chi connectivity index (χ3v) is 8.66. The molecule has 4 rings (SSSR count). The van der Waals surface area contributed by atoms with E-state index in [4.69, 9.17) is 11.6 Å². The number of likely N-dealkylation sites (N-methyl/N-ethyl adjacent to an activating group) is 1. The largest absolute Gasteiger partial charge is 0.348 e. The van der Waals surface area contributed by atoms with Gasteiger partial charge in [0.1, 0.15) is 0 Å². The molecule has 0 bridgehead atoms. The zero-order chi connectivity index (χ0) is 23.4. The van der Waals surface area contributed by atoms with Gasteiger partial charge in [0.15, 0.2) is 0 Å². The lowest BCUT2D eigenvalue weighted by atomic mass is 10.1. The van der Waals surface area contributed by atoms with Crippen LogP contribution in [0.3, 0.4) is 0 Å². The number of rotatable bonds is 7. The van der Waals surface area contributed by atoms with Crippen molar-refractivity contribution in [2.24, 2.45) is 0 Å². The Morgan fingerprint density at radius 2 is 1.64 bits per heavy atom. The average Bonchev–Trinajstić information content (AvgIpc) is 3.32. The summed E-state index contributed by atoms with van der Waals surface area (Å²) >= 11 is 6.29. The molecule has 2 heterocycles. The Kier molecular flexibility index (Phi) is 7.71. The number of carbonyl (C=O) groups excluding carboxylic acids is 1. The zero-order valence-electron chi connectivity index (χ0n) is 19.0. The van der Waals surface area contributed by atoms with Gasteiger partial charge in [-0.05, 0) is 62.3 Å². The minimum atomic E-state index is -3.68. The number of halogens is 1. The molecule has 2 aliphatic heterocycles. The SMILES string of the molecule is CN1CCN(S(=O)(=O)c2ccc(Cl)c(C(=O)NCc3ccccc3CN3CCCC3)c2)CC1. The van der Waals surface area contributed by atoms with Crippen LogP contribution in [0.25, 0.3) is 0 Å². The molecule has 0 radical (unpaired) electrons. The summed E-state index contributed by atoms with van der Waals surface area (Å²) in [5, 5.41) is 3.16. The van der Waals surface area contributed by atoms with E-state index in [2.05, 4.69) is 21.2 Å². The lowest BCUT2D eigenvalue weighted by molar-refractivity contribution is 0.0950. The first-order chi connectivity index (χ1) is 15.8. The van der Waals surface area contributed by atoms with Crippen molar-refractivity contribution in [1.82, 2.24) is 19.4 Å². The molecule has 1 amide bonds. The van der Waals surface area contributed by atoms with Crippen molar-refractivity contribution in [3.8, 4) is 0 Å². The third-order valence-electron chi connectivity index (χ3n) is 6.43. The van der Waals surface area contributed by atoms with Crippen LogP contribution in [0.2, 0.25) is 5.02 Å². The molecular weight excluding hydrogens is 460 g/mol. The van der Waals surface area contributed by atoms with Gasteiger partial charge in [0, 0.05) is 39.3 Å². The number of likely N-dealkylation sites (tertiary alicyclic amines) is 1. The van der Waals surface area contributed by atoms with E-state index < -0.39 is 10.0 Å². The number of benzene rings is 2. The summed E-state index contributed by atoms with van der Waals surface area (Å²) in [7, 11) is -1.71. The maximum atomic E-state index is 13.1. The molecule has 1 N–H and O–H groups in total. The highest BCUT2D eigenvalue weighted by Gasteiger charge is 2.28. The number of piperazine rings is 1. The third kappa shape index (κ3) is 5.75. The van der Waals surface area contributed by atoms with Crippen molar-refractivity contribution in [2.45, 2.75) is 30.8 Å². The molecule has 7 nitrogen and oxygen atoms in total. The summed E-state index contributed by atoms with van der Waals surface area (Å²) < 4.78 is 27.7. The van der Waals surface area contributed by atoms with Crippen LogP contribution in [-0.2, 0) is 23.1 Å². The second-order valence-corrected chi connectivity index (χ2v) is 11.1. The van der Waals surface area contributed by atoms with Gasteiger partial charge in [-0.25, -0.2) is 8.42 Å². The fourth-order valence-electron chi connectivity index (χ4n) is 4.35. The van der Waals surface area contributed by atoms with E-state index >= 15 is 0 Å². The standard InChI is InChI=1S/C24H31ClN4O3S/c1-27-12-14-29(15-13-27)33(31,32)21-8-9-23(25)22(16-21)24(30)26-17-19-6-2-3-7-20(19)18-28-10-4-5-11-28/h2-3,6-9,16H,4-5,10-15,17-18H2,1H3,(H,26,30). The average molecular weight is 491 g/mol. The lowest BCUT2D eigenvalue weighted by Gasteiger charge is -2.31. The molecular formula is C24H31ClN4O3S. The predicted octanol–water partition coefficient (Wildman–Crippen LogP) is 2.80. The minimum Gasteiger partial charge on any atom is -0.348 e. The molecule has 0 spiro atoms. The van der Waals surface area contributed by atoms with Gasteiger partial charge in [-0.2, -0.15) is 4.31 Å². The maximum absolute atomic E-state index is 13.1. The van der Waals surface area contributed by atoms with Gasteiger partial charge < -0.3 is 10.2 Å². The molecule has 33 heavy (non-hydrogen) atoms. The van der Waals surface area contributed by atoms with Crippen molar-refractivity contribution >= 4 is 27.5 Å². The fraction of sp³-hybridized carbons (Fsp3) is 0.458. The Labute approximate surface area is 201 Å². The Hall–Kier alpha value is -1.97. The quantitative estimate of drug-likeness (QED) is 0.646. The van der Waals surface area contributed by atoms with Crippen LogP contribution in [0.15, 0.2) is 47.4 Å². The normalized spacial score (nSPS) is 18.5. The van der Waals surface area contributed by atoms with Crippen LogP contribution in [0.4, 0.5) is 0 Å². The van der Waals surface area contributed by atoms with Crippen molar-refractivity contribution in [3.63, 3.8) is 0 Å². The number of sulfonamides is 1. The molecule has 0 atom stereocenters. The van der Waals surface area contributed by atoms with Crippen LogP contribution in [0.5, 0.6) is 0 Å². The lowest BCUT2D eigenvalue weighted by Crippen LogP contribution is -2.47. The van der Waals surface area contributed by atoms with E-state index in [0.717, 1.165) is 25.2 Å². The van der Waals surface area contributed by atoms with Crippen molar-refractivity contribution in [2.75, 3.05) is 46.3 Å². The molecule has 2 aromatic carbocycles. The van der Waals surface area contributed by atoms with Crippen molar-refractivity contribution in [1.29, 1.82) is 0 Å². The molecule has 2 aliphatic rings. The van der Waals surface area contributed by atoms with Crippen molar-refractivity contribution in [3.05, 3.63) is 64.2 Å². The summed E-state index contributed by atoms with van der Waals surface area (Å²) in [5.74, 6) is -0.383. The Morgan fingerprint density at radius 3 is 2.33 bits per heavy atom. The summed E-state index contributed by atoms with van der Waals surface area (Å²) in [6.07, 6.45) is 2.45. The molecule has 2 saturated heterocycles. The summed E-state index contributed by atoms with van der Waals surface area (Å²) in [6, 6.07) is 12.4. The number of amides is 1. The van der Waals surface area contributed by atoms with Crippen LogP contribution in [-0.4, -0.2) is 74.7 Å². The van der Waals surface area contributed by atoms with Gasteiger partial charge in [-0.1, -0.05) is 35.9 Å². The highest BCUT2D eigenvalue weighted by Crippen LogP contribution is 2.24. The van der Waals surface area contributed by atoms with Crippen LogP contribution in [0.1, 0.15) is 34.3 Å². The molecule has 0 aliphatic carbocycles. The number of nitrogens with one attached hydrogen (secondary N) is 1. The highest BCUT2D eigenvalue weighted by molar-refractivity contribution is 7.89. The topological polar surface area (TPSA) is 73.0 Å². The number of hydrogen-bond donors (Lipinski definition) is 1. The molecule has 9 heteroatoms. The molecule has 2 aromatic rings. The predicted molar refractivity (Wildman–Crippen MR) is 130 cm³/mol. The van der Waals surface area contributed by atoms with E-state index in [-0.39, 0.29) is 21.4 Å². The van der Waals surface area contributed by atoms with E-state index in [1.807, 2.05) is 25.2 Å². The zero-order valence-corrected chi connectivity index (χ0v) is 20.5. The monoisotopic (exact) mass is 490 g/mol. The van der Waals surface area contributed by atoms with Gasteiger partial charge in [0.2, 0.25) is 10.0 Å². The van der Waals surface area contributed by atoms with E-state index in [0.29, 0.717) is 32.7 Å². The first-order valence-corrected chi connectivity index (χ1v) is 13.2. The number of hydrogen-bond acceptors (Lipinski definition) is 5. The molecule has 0 unspecified atom stereocenters. The second kappa shape index (κ2) is 10.5. The fourth-order valence-corrected chi connectivity index (χ4v) is 6.01. The van der Waals surface area contributed by atoms with E-state index in [1.54, 1.807) is 0 Å². The van der Waals surface area contributed by atoms with Gasteiger partial charge >= 0.3 is 0 Å². The first kappa shape index (κ1) is 24.2. The van der Waals surface area contributed by atoms with Crippen LogP contribution in [0, 0.1) is 0 Å². The van der Waals surface area contributed by atoms with Crippen LogP contribution < -0.4 is 5.32 Å².